The number of thioether (sulfide) groups is 1. The molecule has 0 fully saturated rings. The van der Waals surface area contributed by atoms with Crippen molar-refractivity contribution < 1.29 is 19.1 Å². The first-order valence-electron chi connectivity index (χ1n) is 10.9. The van der Waals surface area contributed by atoms with E-state index in [1.165, 1.54) is 6.20 Å². The van der Waals surface area contributed by atoms with E-state index >= 15 is 0 Å². The second kappa shape index (κ2) is 12.6. The molecule has 34 heavy (non-hydrogen) atoms. The van der Waals surface area contributed by atoms with Crippen molar-refractivity contribution in [3.05, 3.63) is 95.7 Å². The molecule has 176 valence electrons. The van der Waals surface area contributed by atoms with E-state index in [0.717, 1.165) is 22.9 Å². The zero-order chi connectivity index (χ0) is 24.3. The topological polar surface area (TPSA) is 97.4 Å². The van der Waals surface area contributed by atoms with Crippen LogP contribution in [0.5, 0.6) is 0 Å². The largest absolute Gasteiger partial charge is 0.452 e. The first-order valence-corrected chi connectivity index (χ1v) is 11.9. The number of aromatic nitrogens is 1. The average Bonchev–Trinajstić information content (AvgIpc) is 2.87. The standard InChI is InChI=1S/C26H27N3O4S/c1-18(20-10-5-3-6-11-20)28-23(30)16-33-26(32)22-14-9-15-27-25(22)34-17-24(31)29-19(2)21-12-7-4-8-13-21/h3-15,18-19H,16-17H2,1-2H3,(H,28,30)(H,29,31). The van der Waals surface area contributed by atoms with Crippen LogP contribution in [0, 0.1) is 0 Å². The molecule has 2 N–H and O–H groups in total. The fourth-order valence-corrected chi connectivity index (χ4v) is 4.01. The third-order valence-corrected chi connectivity index (χ3v) is 6.02. The second-order valence-corrected chi connectivity index (χ2v) is 8.58. The Balaban J connectivity index is 1.50. The molecule has 0 bridgehead atoms. The Morgan fingerprint density at radius 2 is 1.38 bits per heavy atom. The number of carbonyl (C=O) groups is 3. The summed E-state index contributed by atoms with van der Waals surface area (Å²) in [5, 5.41) is 6.10. The lowest BCUT2D eigenvalue weighted by molar-refractivity contribution is -0.125. The average molecular weight is 478 g/mol. The van der Waals surface area contributed by atoms with Gasteiger partial charge in [-0.2, -0.15) is 0 Å². The Morgan fingerprint density at radius 3 is 1.97 bits per heavy atom. The van der Waals surface area contributed by atoms with Gasteiger partial charge in [0.05, 0.1) is 23.4 Å². The molecule has 0 aliphatic rings. The summed E-state index contributed by atoms with van der Waals surface area (Å²) in [7, 11) is 0. The SMILES string of the molecule is CC(NC(=O)COC(=O)c1cccnc1SCC(=O)NC(C)c1ccccc1)c1ccccc1. The number of hydrogen-bond acceptors (Lipinski definition) is 6. The fourth-order valence-electron chi connectivity index (χ4n) is 3.22. The second-order valence-electron chi connectivity index (χ2n) is 7.62. The molecular weight excluding hydrogens is 450 g/mol. The fraction of sp³-hybridized carbons (Fsp3) is 0.231. The number of benzene rings is 2. The van der Waals surface area contributed by atoms with Gasteiger partial charge < -0.3 is 15.4 Å². The molecule has 2 amide bonds. The summed E-state index contributed by atoms with van der Waals surface area (Å²) in [5.41, 5.74) is 2.16. The number of amides is 2. The summed E-state index contributed by atoms with van der Waals surface area (Å²) < 4.78 is 5.19. The van der Waals surface area contributed by atoms with Crippen LogP contribution in [0.2, 0.25) is 0 Å². The van der Waals surface area contributed by atoms with Gasteiger partial charge in [0, 0.05) is 6.20 Å². The van der Waals surface area contributed by atoms with E-state index in [-0.39, 0.29) is 29.3 Å². The highest BCUT2D eigenvalue weighted by molar-refractivity contribution is 8.00. The molecule has 0 aliphatic heterocycles. The van der Waals surface area contributed by atoms with Crippen molar-refractivity contribution in [1.82, 2.24) is 15.6 Å². The molecule has 3 rings (SSSR count). The third-order valence-electron chi connectivity index (χ3n) is 5.02. The molecule has 0 saturated heterocycles. The maximum Gasteiger partial charge on any atom is 0.341 e. The van der Waals surface area contributed by atoms with Crippen molar-refractivity contribution in [3.63, 3.8) is 0 Å². The Labute approximate surface area is 203 Å². The van der Waals surface area contributed by atoms with Crippen LogP contribution in [-0.2, 0) is 14.3 Å². The molecule has 1 heterocycles. The summed E-state index contributed by atoms with van der Waals surface area (Å²) in [4.78, 5) is 41.4. The van der Waals surface area contributed by atoms with E-state index in [4.69, 9.17) is 4.74 Å². The van der Waals surface area contributed by atoms with Crippen molar-refractivity contribution in [3.8, 4) is 0 Å². The summed E-state index contributed by atoms with van der Waals surface area (Å²) >= 11 is 1.14. The Hall–Kier alpha value is -3.65. The van der Waals surface area contributed by atoms with Crippen molar-refractivity contribution in [2.45, 2.75) is 31.0 Å². The number of pyridine rings is 1. The smallest absolute Gasteiger partial charge is 0.341 e. The van der Waals surface area contributed by atoms with Gasteiger partial charge in [0.1, 0.15) is 5.03 Å². The lowest BCUT2D eigenvalue weighted by atomic mass is 10.1. The van der Waals surface area contributed by atoms with Gasteiger partial charge in [-0.25, -0.2) is 9.78 Å². The van der Waals surface area contributed by atoms with Gasteiger partial charge >= 0.3 is 5.97 Å². The quantitative estimate of drug-likeness (QED) is 0.337. The first kappa shape index (κ1) is 25.0. The number of hydrogen-bond donors (Lipinski definition) is 2. The van der Waals surface area contributed by atoms with Gasteiger partial charge in [-0.15, -0.1) is 0 Å². The Morgan fingerprint density at radius 1 is 0.824 bits per heavy atom. The molecular formula is C26H27N3O4S. The van der Waals surface area contributed by atoms with E-state index in [0.29, 0.717) is 5.03 Å². The van der Waals surface area contributed by atoms with Gasteiger partial charge in [0.25, 0.3) is 5.91 Å². The molecule has 3 aromatic rings. The van der Waals surface area contributed by atoms with Crippen molar-refractivity contribution in [2.75, 3.05) is 12.4 Å². The highest BCUT2D eigenvalue weighted by atomic mass is 32.2. The summed E-state index contributed by atoms with van der Waals surface area (Å²) in [5.74, 6) is -1.17. The summed E-state index contributed by atoms with van der Waals surface area (Å²) in [6.45, 7) is 3.35. The van der Waals surface area contributed by atoms with Crippen LogP contribution in [0.4, 0.5) is 0 Å². The molecule has 2 atom stereocenters. The van der Waals surface area contributed by atoms with Crippen molar-refractivity contribution in [1.29, 1.82) is 0 Å². The number of esters is 1. The minimum absolute atomic E-state index is 0.0868. The number of nitrogens with one attached hydrogen (secondary N) is 2. The summed E-state index contributed by atoms with van der Waals surface area (Å²) in [6.07, 6.45) is 1.54. The lowest BCUT2D eigenvalue weighted by Crippen LogP contribution is -2.31. The molecule has 0 aliphatic carbocycles. The van der Waals surface area contributed by atoms with E-state index in [1.54, 1.807) is 12.1 Å². The van der Waals surface area contributed by atoms with Crippen LogP contribution in [-0.4, -0.2) is 35.1 Å². The molecule has 0 saturated carbocycles. The summed E-state index contributed by atoms with van der Waals surface area (Å²) in [6, 6.07) is 22.0. The highest BCUT2D eigenvalue weighted by Crippen LogP contribution is 2.21. The molecule has 2 unspecified atom stereocenters. The van der Waals surface area contributed by atoms with Crippen LogP contribution in [0.25, 0.3) is 0 Å². The predicted molar refractivity (Wildman–Crippen MR) is 131 cm³/mol. The van der Waals surface area contributed by atoms with E-state index in [9.17, 15) is 14.4 Å². The van der Waals surface area contributed by atoms with E-state index in [1.807, 2.05) is 74.5 Å². The number of carbonyl (C=O) groups excluding carboxylic acids is 3. The highest BCUT2D eigenvalue weighted by Gasteiger charge is 2.18. The van der Waals surface area contributed by atoms with Crippen LogP contribution in [0.1, 0.15) is 47.4 Å². The molecule has 0 radical (unpaired) electrons. The predicted octanol–water partition coefficient (Wildman–Crippen LogP) is 4.09. The molecule has 8 heteroatoms. The third kappa shape index (κ3) is 7.45. The van der Waals surface area contributed by atoms with Crippen LogP contribution >= 0.6 is 11.8 Å². The van der Waals surface area contributed by atoms with Gasteiger partial charge in [0.15, 0.2) is 6.61 Å². The van der Waals surface area contributed by atoms with E-state index < -0.39 is 18.5 Å². The zero-order valence-corrected chi connectivity index (χ0v) is 19.9. The zero-order valence-electron chi connectivity index (χ0n) is 19.1. The Kier molecular flexibility index (Phi) is 9.22. The minimum Gasteiger partial charge on any atom is -0.452 e. The monoisotopic (exact) mass is 477 g/mol. The van der Waals surface area contributed by atoms with Crippen molar-refractivity contribution >= 4 is 29.5 Å². The van der Waals surface area contributed by atoms with Crippen molar-refractivity contribution in [2.24, 2.45) is 0 Å². The van der Waals surface area contributed by atoms with E-state index in [2.05, 4.69) is 15.6 Å². The van der Waals surface area contributed by atoms with Gasteiger partial charge in [-0.3, -0.25) is 9.59 Å². The normalized spacial score (nSPS) is 12.3. The lowest BCUT2D eigenvalue weighted by Gasteiger charge is -2.15. The van der Waals surface area contributed by atoms with Gasteiger partial charge in [0.2, 0.25) is 5.91 Å². The van der Waals surface area contributed by atoms with Crippen LogP contribution in [0.3, 0.4) is 0 Å². The maximum atomic E-state index is 12.6. The molecule has 0 spiro atoms. The van der Waals surface area contributed by atoms with Gasteiger partial charge in [-0.05, 0) is 37.1 Å². The molecule has 1 aromatic heterocycles. The minimum atomic E-state index is -0.670. The van der Waals surface area contributed by atoms with Crippen LogP contribution in [0.15, 0.2) is 84.0 Å². The van der Waals surface area contributed by atoms with Gasteiger partial charge in [-0.1, -0.05) is 72.4 Å². The maximum absolute atomic E-state index is 12.6. The first-order chi connectivity index (χ1) is 16.4. The number of ether oxygens (including phenoxy) is 1. The van der Waals surface area contributed by atoms with Crippen LogP contribution < -0.4 is 10.6 Å². The Bertz CT molecular complexity index is 1110. The number of nitrogens with zero attached hydrogens (tertiary/aromatic N) is 1. The molecule has 7 nitrogen and oxygen atoms in total. The number of rotatable bonds is 10. The molecule has 2 aromatic carbocycles.